The van der Waals surface area contributed by atoms with Gasteiger partial charge in [0.05, 0.1) is 0 Å². The van der Waals surface area contributed by atoms with E-state index < -0.39 is 23.5 Å². The lowest BCUT2D eigenvalue weighted by molar-refractivity contribution is -0.137. The van der Waals surface area contributed by atoms with E-state index in [0.717, 1.165) is 28.7 Å². The van der Waals surface area contributed by atoms with Crippen molar-refractivity contribution in [3.63, 3.8) is 0 Å². The molecule has 1 saturated heterocycles. The molecule has 0 radical (unpaired) electrons. The van der Waals surface area contributed by atoms with Crippen molar-refractivity contribution in [2.24, 2.45) is 11.3 Å². The molecule has 1 heterocycles. The number of nitrogens with zero attached hydrogens (tertiary/aromatic N) is 1. The third-order valence-corrected chi connectivity index (χ3v) is 7.08. The van der Waals surface area contributed by atoms with Gasteiger partial charge in [0.2, 0.25) is 5.91 Å². The van der Waals surface area contributed by atoms with Gasteiger partial charge in [0.25, 0.3) is 0 Å². The van der Waals surface area contributed by atoms with Crippen LogP contribution in [0, 0.1) is 11.3 Å². The van der Waals surface area contributed by atoms with Crippen LogP contribution >= 0.6 is 0 Å². The number of carbonyl (C=O) groups is 3. The van der Waals surface area contributed by atoms with E-state index in [4.69, 9.17) is 9.84 Å². The normalized spacial score (nSPS) is 18.0. The Morgan fingerprint density at radius 1 is 1.06 bits per heavy atom. The standard InChI is InChI=1S/C28H34N2O5/c1-28(2,3)25(26(33)30-15-14-18(16-30)12-13-24(31)32)29-27(34)35-17-23-21-10-6-4-8-19(21)20-9-5-7-11-22(20)23/h4-11,18,23,25H,12-17H2,1-3H3,(H,29,34)(H,31,32). The van der Waals surface area contributed by atoms with Crippen LogP contribution in [-0.4, -0.2) is 53.7 Å². The highest BCUT2D eigenvalue weighted by atomic mass is 16.5. The third kappa shape index (κ3) is 5.50. The smallest absolute Gasteiger partial charge is 0.407 e. The van der Waals surface area contributed by atoms with E-state index in [1.54, 1.807) is 4.90 Å². The Bertz CT molecular complexity index is 1060. The van der Waals surface area contributed by atoms with Crippen molar-refractivity contribution in [2.75, 3.05) is 19.7 Å². The summed E-state index contributed by atoms with van der Waals surface area (Å²) in [6.07, 6.45) is 0.828. The summed E-state index contributed by atoms with van der Waals surface area (Å²) in [6.45, 7) is 7.02. The van der Waals surface area contributed by atoms with Crippen LogP contribution in [0.3, 0.4) is 0 Å². The van der Waals surface area contributed by atoms with E-state index in [9.17, 15) is 14.4 Å². The van der Waals surface area contributed by atoms with Gasteiger partial charge in [-0.15, -0.1) is 0 Å². The van der Waals surface area contributed by atoms with Crippen LogP contribution in [0.15, 0.2) is 48.5 Å². The van der Waals surface area contributed by atoms with E-state index in [1.165, 1.54) is 0 Å². The van der Waals surface area contributed by atoms with Crippen molar-refractivity contribution in [3.05, 3.63) is 59.7 Å². The molecule has 2 aliphatic rings. The van der Waals surface area contributed by atoms with Gasteiger partial charge in [-0.25, -0.2) is 4.79 Å². The summed E-state index contributed by atoms with van der Waals surface area (Å²) in [4.78, 5) is 38.8. The maximum Gasteiger partial charge on any atom is 0.407 e. The lowest BCUT2D eigenvalue weighted by Gasteiger charge is -2.33. The maximum absolute atomic E-state index is 13.3. The second-order valence-corrected chi connectivity index (χ2v) is 10.6. The third-order valence-electron chi connectivity index (χ3n) is 7.08. The summed E-state index contributed by atoms with van der Waals surface area (Å²) in [5.74, 6) is -0.848. The Morgan fingerprint density at radius 3 is 2.23 bits per heavy atom. The molecule has 0 aromatic heterocycles. The van der Waals surface area contributed by atoms with Gasteiger partial charge in [-0.05, 0) is 46.4 Å². The molecule has 2 aromatic rings. The van der Waals surface area contributed by atoms with Crippen LogP contribution in [0.1, 0.15) is 57.1 Å². The fourth-order valence-electron chi connectivity index (χ4n) is 5.19. The van der Waals surface area contributed by atoms with Gasteiger partial charge >= 0.3 is 12.1 Å². The largest absolute Gasteiger partial charge is 0.481 e. The van der Waals surface area contributed by atoms with Gasteiger partial charge < -0.3 is 20.1 Å². The summed E-state index contributed by atoms with van der Waals surface area (Å²) in [6, 6.07) is 15.6. The number of aliphatic carboxylic acids is 1. The Hall–Kier alpha value is -3.35. The molecule has 0 bridgehead atoms. The molecule has 1 fully saturated rings. The molecule has 2 aromatic carbocycles. The topological polar surface area (TPSA) is 95.9 Å². The first-order valence-corrected chi connectivity index (χ1v) is 12.3. The van der Waals surface area contributed by atoms with Crippen molar-refractivity contribution in [2.45, 2.75) is 52.0 Å². The average Bonchev–Trinajstić information content (AvgIpc) is 3.42. The van der Waals surface area contributed by atoms with Crippen LogP contribution in [-0.2, 0) is 14.3 Å². The Morgan fingerprint density at radius 2 is 1.66 bits per heavy atom. The Balaban J connectivity index is 1.39. The first kappa shape index (κ1) is 24.8. The zero-order valence-corrected chi connectivity index (χ0v) is 20.6. The van der Waals surface area contributed by atoms with E-state index >= 15 is 0 Å². The number of benzene rings is 2. The number of ether oxygens (including phenoxy) is 1. The van der Waals surface area contributed by atoms with Crippen LogP contribution in [0.25, 0.3) is 11.1 Å². The Labute approximate surface area is 206 Å². The molecule has 2 unspecified atom stereocenters. The molecule has 2 N–H and O–H groups in total. The van der Waals surface area contributed by atoms with E-state index in [1.807, 2.05) is 45.0 Å². The fourth-order valence-corrected chi connectivity index (χ4v) is 5.19. The van der Waals surface area contributed by atoms with Crippen molar-refractivity contribution in [1.29, 1.82) is 0 Å². The number of fused-ring (bicyclic) bond motifs is 3. The first-order valence-electron chi connectivity index (χ1n) is 12.3. The number of likely N-dealkylation sites (tertiary alicyclic amines) is 1. The van der Waals surface area contributed by atoms with Crippen molar-refractivity contribution in [3.8, 4) is 11.1 Å². The van der Waals surface area contributed by atoms with Crippen LogP contribution < -0.4 is 5.32 Å². The molecular weight excluding hydrogens is 444 g/mol. The van der Waals surface area contributed by atoms with Gasteiger partial charge in [-0.3, -0.25) is 9.59 Å². The summed E-state index contributed by atoms with van der Waals surface area (Å²) >= 11 is 0. The van der Waals surface area contributed by atoms with Crippen molar-refractivity contribution < 1.29 is 24.2 Å². The minimum Gasteiger partial charge on any atom is -0.481 e. The molecule has 2 atom stereocenters. The summed E-state index contributed by atoms with van der Waals surface area (Å²) in [5, 5.41) is 11.8. The maximum atomic E-state index is 13.3. The molecule has 0 saturated carbocycles. The van der Waals surface area contributed by atoms with Crippen molar-refractivity contribution in [1.82, 2.24) is 10.2 Å². The zero-order chi connectivity index (χ0) is 25.2. The van der Waals surface area contributed by atoms with Gasteiger partial charge in [-0.2, -0.15) is 0 Å². The SMILES string of the molecule is CC(C)(C)C(NC(=O)OCC1c2ccccc2-c2ccccc21)C(=O)N1CCC(CCC(=O)O)C1. The van der Waals surface area contributed by atoms with Crippen molar-refractivity contribution >= 4 is 18.0 Å². The highest BCUT2D eigenvalue weighted by molar-refractivity contribution is 5.87. The second-order valence-electron chi connectivity index (χ2n) is 10.6. The number of amides is 2. The van der Waals surface area contributed by atoms with E-state index in [2.05, 4.69) is 29.6 Å². The summed E-state index contributed by atoms with van der Waals surface area (Å²) in [5.41, 5.74) is 4.07. The number of nitrogens with one attached hydrogen (secondary N) is 1. The van der Waals surface area contributed by atoms with E-state index in [0.29, 0.717) is 19.5 Å². The number of hydrogen-bond acceptors (Lipinski definition) is 4. The number of hydrogen-bond donors (Lipinski definition) is 2. The lowest BCUT2D eigenvalue weighted by atomic mass is 9.86. The molecule has 2 amide bonds. The molecule has 0 spiro atoms. The minimum atomic E-state index is -0.820. The van der Waals surface area contributed by atoms with Crippen LogP contribution in [0.2, 0.25) is 0 Å². The van der Waals surface area contributed by atoms with Crippen LogP contribution in [0.4, 0.5) is 4.79 Å². The highest BCUT2D eigenvalue weighted by Gasteiger charge is 2.39. The highest BCUT2D eigenvalue weighted by Crippen LogP contribution is 2.44. The van der Waals surface area contributed by atoms with Gasteiger partial charge in [0.15, 0.2) is 0 Å². The number of carboxylic acid groups (broad SMARTS) is 1. The predicted octanol–water partition coefficient (Wildman–Crippen LogP) is 4.65. The number of alkyl carbamates (subject to hydrolysis) is 1. The van der Waals surface area contributed by atoms with E-state index in [-0.39, 0.29) is 30.8 Å². The second kappa shape index (κ2) is 10.1. The average molecular weight is 479 g/mol. The van der Waals surface area contributed by atoms with Crippen LogP contribution in [0.5, 0.6) is 0 Å². The number of rotatable bonds is 7. The van der Waals surface area contributed by atoms with Gasteiger partial charge in [0, 0.05) is 25.4 Å². The van der Waals surface area contributed by atoms with Gasteiger partial charge in [-0.1, -0.05) is 69.3 Å². The molecular formula is C28H34N2O5. The first-order chi connectivity index (χ1) is 16.6. The number of carbonyl (C=O) groups excluding carboxylic acids is 2. The molecule has 7 nitrogen and oxygen atoms in total. The molecule has 35 heavy (non-hydrogen) atoms. The fraction of sp³-hybridized carbons (Fsp3) is 0.464. The monoisotopic (exact) mass is 478 g/mol. The molecule has 186 valence electrons. The molecule has 1 aliphatic heterocycles. The van der Waals surface area contributed by atoms with Gasteiger partial charge in [0.1, 0.15) is 12.6 Å². The predicted molar refractivity (Wildman–Crippen MR) is 133 cm³/mol. The molecule has 7 heteroatoms. The lowest BCUT2D eigenvalue weighted by Crippen LogP contribution is -2.54. The quantitative estimate of drug-likeness (QED) is 0.604. The molecule has 4 rings (SSSR count). The summed E-state index contributed by atoms with van der Waals surface area (Å²) in [7, 11) is 0. The summed E-state index contributed by atoms with van der Waals surface area (Å²) < 4.78 is 5.68. The zero-order valence-electron chi connectivity index (χ0n) is 20.6. The number of carboxylic acids is 1. The minimum absolute atomic E-state index is 0.0505. The Kier molecular flexibility index (Phi) is 7.15. The molecule has 1 aliphatic carbocycles.